The number of fused-ring (bicyclic) bond motifs is 1. The number of nitrogens with one attached hydrogen (secondary N) is 2. The minimum Gasteiger partial charge on any atom is -0.456 e. The Kier molecular flexibility index (Phi) is 7.25. The fourth-order valence-electron chi connectivity index (χ4n) is 2.44. The monoisotopic (exact) mass is 388 g/mol. The van der Waals surface area contributed by atoms with Gasteiger partial charge in [0.2, 0.25) is 0 Å². The van der Waals surface area contributed by atoms with Crippen LogP contribution in [0, 0.1) is 0 Å². The standard InChI is InChI=1S/C19H24N4O5/c1-4-12(2)20-19(27)22-16(24)11-28-17(25)10-9-15-21-14-8-6-5-7-13(14)18(26)23(15)3/h5-8,12H,4,9-11H2,1-3H3,(H2,20,22,24,27)/t12-/m1/s1. The molecule has 9 heteroatoms. The molecule has 0 unspecified atom stereocenters. The highest BCUT2D eigenvalue weighted by Gasteiger charge is 2.14. The first-order valence-electron chi connectivity index (χ1n) is 9.02. The second-order valence-electron chi connectivity index (χ2n) is 6.40. The maximum Gasteiger partial charge on any atom is 0.321 e. The minimum absolute atomic E-state index is 0.0506. The smallest absolute Gasteiger partial charge is 0.321 e. The topological polar surface area (TPSA) is 119 Å². The normalized spacial score (nSPS) is 11.7. The summed E-state index contributed by atoms with van der Waals surface area (Å²) in [5.41, 5.74) is 0.362. The van der Waals surface area contributed by atoms with Crippen LogP contribution in [0.5, 0.6) is 0 Å². The van der Waals surface area contributed by atoms with Gasteiger partial charge in [-0.1, -0.05) is 19.1 Å². The lowest BCUT2D eigenvalue weighted by Gasteiger charge is -2.12. The van der Waals surface area contributed by atoms with Crippen molar-refractivity contribution in [1.29, 1.82) is 0 Å². The minimum atomic E-state index is -0.717. The van der Waals surface area contributed by atoms with Gasteiger partial charge in [0.05, 0.1) is 17.3 Å². The van der Waals surface area contributed by atoms with Crippen LogP contribution in [0.15, 0.2) is 29.1 Å². The summed E-state index contributed by atoms with van der Waals surface area (Å²) in [6.45, 7) is 3.14. The molecule has 0 saturated heterocycles. The van der Waals surface area contributed by atoms with Gasteiger partial charge in [0.25, 0.3) is 11.5 Å². The van der Waals surface area contributed by atoms with E-state index in [1.165, 1.54) is 4.57 Å². The van der Waals surface area contributed by atoms with Crippen LogP contribution in [0.2, 0.25) is 0 Å². The van der Waals surface area contributed by atoms with Crippen molar-refractivity contribution in [2.24, 2.45) is 7.05 Å². The molecular weight excluding hydrogens is 364 g/mol. The lowest BCUT2D eigenvalue weighted by atomic mass is 10.2. The Balaban J connectivity index is 1.85. The number of amides is 3. The van der Waals surface area contributed by atoms with Gasteiger partial charge in [0, 0.05) is 19.5 Å². The van der Waals surface area contributed by atoms with Gasteiger partial charge in [-0.05, 0) is 25.5 Å². The number of nitrogens with zero attached hydrogens (tertiary/aromatic N) is 2. The van der Waals surface area contributed by atoms with Crippen molar-refractivity contribution in [3.8, 4) is 0 Å². The number of aryl methyl sites for hydroxylation is 1. The Hall–Kier alpha value is -3.23. The van der Waals surface area contributed by atoms with E-state index in [1.54, 1.807) is 38.2 Å². The number of imide groups is 1. The summed E-state index contributed by atoms with van der Waals surface area (Å²) in [5.74, 6) is -0.900. The summed E-state index contributed by atoms with van der Waals surface area (Å²) in [6.07, 6.45) is 0.860. The number of hydrogen-bond acceptors (Lipinski definition) is 6. The molecule has 0 spiro atoms. The van der Waals surface area contributed by atoms with Gasteiger partial charge < -0.3 is 10.1 Å². The van der Waals surface area contributed by atoms with Crippen molar-refractivity contribution in [3.63, 3.8) is 0 Å². The summed E-state index contributed by atoms with van der Waals surface area (Å²) >= 11 is 0. The summed E-state index contributed by atoms with van der Waals surface area (Å²) in [4.78, 5) is 51.8. The van der Waals surface area contributed by atoms with Gasteiger partial charge in [0.1, 0.15) is 5.82 Å². The summed E-state index contributed by atoms with van der Waals surface area (Å²) in [7, 11) is 1.59. The highest BCUT2D eigenvalue weighted by atomic mass is 16.5. The maximum atomic E-state index is 12.3. The van der Waals surface area contributed by atoms with Gasteiger partial charge in [-0.25, -0.2) is 9.78 Å². The van der Waals surface area contributed by atoms with Crippen LogP contribution in [-0.4, -0.2) is 40.1 Å². The zero-order valence-electron chi connectivity index (χ0n) is 16.2. The van der Waals surface area contributed by atoms with Crippen molar-refractivity contribution in [2.75, 3.05) is 6.61 Å². The van der Waals surface area contributed by atoms with E-state index in [4.69, 9.17) is 4.74 Å². The average Bonchev–Trinajstić information content (AvgIpc) is 2.67. The van der Waals surface area contributed by atoms with Crippen LogP contribution in [0.3, 0.4) is 0 Å². The van der Waals surface area contributed by atoms with E-state index >= 15 is 0 Å². The Labute approximate surface area is 162 Å². The lowest BCUT2D eigenvalue weighted by molar-refractivity contribution is -0.148. The highest BCUT2D eigenvalue weighted by Crippen LogP contribution is 2.08. The van der Waals surface area contributed by atoms with E-state index in [9.17, 15) is 19.2 Å². The molecule has 1 aromatic heterocycles. The Morgan fingerprint density at radius 3 is 2.68 bits per heavy atom. The third-order valence-electron chi connectivity index (χ3n) is 4.24. The number of esters is 1. The molecule has 1 aromatic carbocycles. The first kappa shape index (κ1) is 21.1. The molecule has 2 N–H and O–H groups in total. The molecule has 1 atom stereocenters. The molecule has 1 heterocycles. The number of aromatic nitrogens is 2. The number of para-hydroxylation sites is 1. The average molecular weight is 388 g/mol. The number of ether oxygens (including phenoxy) is 1. The molecule has 0 aliphatic heterocycles. The van der Waals surface area contributed by atoms with E-state index in [1.807, 2.05) is 6.92 Å². The molecule has 2 rings (SSSR count). The molecule has 0 bridgehead atoms. The second-order valence-corrected chi connectivity index (χ2v) is 6.40. The van der Waals surface area contributed by atoms with Crippen molar-refractivity contribution in [1.82, 2.24) is 20.2 Å². The Bertz CT molecular complexity index is 938. The van der Waals surface area contributed by atoms with Gasteiger partial charge >= 0.3 is 12.0 Å². The number of benzene rings is 1. The number of carbonyl (C=O) groups excluding carboxylic acids is 3. The van der Waals surface area contributed by atoms with E-state index in [0.29, 0.717) is 16.7 Å². The van der Waals surface area contributed by atoms with Gasteiger partial charge in [-0.2, -0.15) is 0 Å². The predicted molar refractivity (Wildman–Crippen MR) is 103 cm³/mol. The second kappa shape index (κ2) is 9.63. The molecule has 0 saturated carbocycles. The third kappa shape index (κ3) is 5.63. The lowest BCUT2D eigenvalue weighted by Crippen LogP contribution is -2.44. The van der Waals surface area contributed by atoms with E-state index in [-0.39, 0.29) is 24.4 Å². The van der Waals surface area contributed by atoms with Crippen molar-refractivity contribution < 1.29 is 19.1 Å². The molecule has 3 amide bonds. The molecule has 0 aliphatic rings. The van der Waals surface area contributed by atoms with Crippen molar-refractivity contribution >= 4 is 28.8 Å². The zero-order chi connectivity index (χ0) is 20.7. The third-order valence-corrected chi connectivity index (χ3v) is 4.24. The van der Waals surface area contributed by atoms with Gasteiger partial charge in [0.15, 0.2) is 6.61 Å². The summed E-state index contributed by atoms with van der Waals surface area (Å²) < 4.78 is 6.26. The van der Waals surface area contributed by atoms with Gasteiger partial charge in [-0.3, -0.25) is 24.3 Å². The molecule has 0 fully saturated rings. The number of rotatable bonds is 7. The first-order chi connectivity index (χ1) is 13.3. The highest BCUT2D eigenvalue weighted by molar-refractivity contribution is 5.95. The number of carbonyl (C=O) groups is 3. The molecular formula is C19H24N4O5. The van der Waals surface area contributed by atoms with Crippen LogP contribution >= 0.6 is 0 Å². The fourth-order valence-corrected chi connectivity index (χ4v) is 2.44. The van der Waals surface area contributed by atoms with Crippen molar-refractivity contribution in [3.05, 3.63) is 40.4 Å². The van der Waals surface area contributed by atoms with Crippen LogP contribution < -0.4 is 16.2 Å². The maximum absolute atomic E-state index is 12.3. The predicted octanol–water partition coefficient (Wildman–Crippen LogP) is 1.03. The summed E-state index contributed by atoms with van der Waals surface area (Å²) in [6, 6.07) is 6.26. The van der Waals surface area contributed by atoms with E-state index in [0.717, 1.165) is 6.42 Å². The number of hydrogen-bond donors (Lipinski definition) is 2. The summed E-state index contributed by atoms with van der Waals surface area (Å²) in [5, 5.41) is 5.16. The SMILES string of the molecule is CC[C@@H](C)NC(=O)NC(=O)COC(=O)CCc1nc2ccccc2c(=O)n1C. The van der Waals surface area contributed by atoms with Crippen molar-refractivity contribution in [2.45, 2.75) is 39.2 Å². The van der Waals surface area contributed by atoms with Crippen LogP contribution in [-0.2, 0) is 27.8 Å². The zero-order valence-corrected chi connectivity index (χ0v) is 16.2. The van der Waals surface area contributed by atoms with Gasteiger partial charge in [-0.15, -0.1) is 0 Å². The molecule has 9 nitrogen and oxygen atoms in total. The van der Waals surface area contributed by atoms with E-state index < -0.39 is 24.5 Å². The molecule has 0 aliphatic carbocycles. The Morgan fingerprint density at radius 1 is 1.25 bits per heavy atom. The Morgan fingerprint density at radius 2 is 1.96 bits per heavy atom. The molecule has 0 radical (unpaired) electrons. The molecule has 28 heavy (non-hydrogen) atoms. The van der Waals surface area contributed by atoms with Crippen LogP contribution in [0.25, 0.3) is 10.9 Å². The van der Waals surface area contributed by atoms with Crippen LogP contribution in [0.1, 0.15) is 32.5 Å². The van der Waals surface area contributed by atoms with Crippen LogP contribution in [0.4, 0.5) is 4.79 Å². The molecule has 2 aromatic rings. The first-order valence-corrected chi connectivity index (χ1v) is 9.02. The largest absolute Gasteiger partial charge is 0.456 e. The fraction of sp³-hybridized carbons (Fsp3) is 0.421. The number of urea groups is 1. The van der Waals surface area contributed by atoms with E-state index in [2.05, 4.69) is 15.6 Å². The quantitative estimate of drug-likeness (QED) is 0.684. The molecule has 150 valence electrons.